The van der Waals surface area contributed by atoms with Crippen molar-refractivity contribution in [3.63, 3.8) is 0 Å². The van der Waals surface area contributed by atoms with E-state index in [0.717, 1.165) is 24.4 Å². The van der Waals surface area contributed by atoms with Crippen LogP contribution in [0.3, 0.4) is 0 Å². The molecule has 3 heteroatoms. The van der Waals surface area contributed by atoms with Crippen molar-refractivity contribution in [2.45, 2.75) is 52.1 Å². The summed E-state index contributed by atoms with van der Waals surface area (Å²) in [5.74, 6) is 2.08. The lowest BCUT2D eigenvalue weighted by Crippen LogP contribution is -2.38. The van der Waals surface area contributed by atoms with Gasteiger partial charge in [-0.1, -0.05) is 19.1 Å². The van der Waals surface area contributed by atoms with Crippen LogP contribution in [-0.4, -0.2) is 22.1 Å². The number of fused-ring (bicyclic) bond motifs is 1. The first-order valence-corrected chi connectivity index (χ1v) is 7.95. The molecule has 108 valence electrons. The van der Waals surface area contributed by atoms with Crippen molar-refractivity contribution in [1.29, 1.82) is 0 Å². The minimum atomic E-state index is 0.677. The molecule has 2 unspecified atom stereocenters. The van der Waals surface area contributed by atoms with Gasteiger partial charge in [-0.2, -0.15) is 0 Å². The van der Waals surface area contributed by atoms with Crippen LogP contribution < -0.4 is 5.32 Å². The van der Waals surface area contributed by atoms with Gasteiger partial charge in [-0.3, -0.25) is 0 Å². The van der Waals surface area contributed by atoms with Crippen molar-refractivity contribution in [2.24, 2.45) is 5.92 Å². The Morgan fingerprint density at radius 1 is 1.30 bits per heavy atom. The van der Waals surface area contributed by atoms with E-state index in [9.17, 15) is 0 Å². The lowest BCUT2D eigenvalue weighted by molar-refractivity contribution is 0.314. The number of piperidine rings is 1. The summed E-state index contributed by atoms with van der Waals surface area (Å²) in [7, 11) is 0. The molecule has 0 bridgehead atoms. The Morgan fingerprint density at radius 2 is 2.15 bits per heavy atom. The summed E-state index contributed by atoms with van der Waals surface area (Å²) < 4.78 is 2.36. The van der Waals surface area contributed by atoms with Gasteiger partial charge in [0, 0.05) is 19.0 Å². The molecular weight excluding hydrogens is 246 g/mol. The van der Waals surface area contributed by atoms with Crippen molar-refractivity contribution in [3.05, 3.63) is 30.1 Å². The van der Waals surface area contributed by atoms with Crippen LogP contribution in [0.2, 0.25) is 0 Å². The maximum absolute atomic E-state index is 4.82. The van der Waals surface area contributed by atoms with Crippen LogP contribution >= 0.6 is 0 Å². The largest absolute Gasteiger partial charge is 0.328 e. The number of hydrogen-bond acceptors (Lipinski definition) is 2. The number of aryl methyl sites for hydroxylation is 2. The number of benzene rings is 1. The zero-order chi connectivity index (χ0) is 13.9. The average molecular weight is 271 g/mol. The highest BCUT2D eigenvalue weighted by atomic mass is 15.1. The van der Waals surface area contributed by atoms with Crippen LogP contribution in [0, 0.1) is 5.92 Å². The monoisotopic (exact) mass is 271 g/mol. The molecule has 1 fully saturated rings. The third-order valence-electron chi connectivity index (χ3n) is 4.53. The van der Waals surface area contributed by atoms with Gasteiger partial charge in [0.1, 0.15) is 5.82 Å². The van der Waals surface area contributed by atoms with Gasteiger partial charge < -0.3 is 9.88 Å². The number of para-hydroxylation sites is 2. The summed E-state index contributed by atoms with van der Waals surface area (Å²) in [6.07, 6.45) is 4.96. The molecule has 0 saturated carbocycles. The molecule has 3 rings (SSSR count). The third-order valence-corrected chi connectivity index (χ3v) is 4.53. The first-order valence-electron chi connectivity index (χ1n) is 7.95. The normalized spacial score (nSPS) is 23.3. The van der Waals surface area contributed by atoms with E-state index in [1.165, 1.54) is 37.1 Å². The zero-order valence-corrected chi connectivity index (χ0v) is 12.6. The molecular formula is C17H25N3. The van der Waals surface area contributed by atoms with Crippen molar-refractivity contribution in [2.75, 3.05) is 6.54 Å². The number of aromatic nitrogens is 2. The number of hydrogen-bond donors (Lipinski definition) is 1. The molecule has 1 aromatic carbocycles. The Morgan fingerprint density at radius 3 is 2.90 bits per heavy atom. The van der Waals surface area contributed by atoms with Crippen molar-refractivity contribution in [1.82, 2.24) is 14.9 Å². The third kappa shape index (κ3) is 2.73. The smallest absolute Gasteiger partial charge is 0.109 e. The Bertz CT molecular complexity index is 565. The molecule has 1 aromatic heterocycles. The van der Waals surface area contributed by atoms with Gasteiger partial charge in [0.2, 0.25) is 0 Å². The highest BCUT2D eigenvalue weighted by Gasteiger charge is 2.18. The van der Waals surface area contributed by atoms with Crippen LogP contribution in [-0.2, 0) is 13.0 Å². The predicted molar refractivity (Wildman–Crippen MR) is 83.9 cm³/mol. The number of nitrogens with zero attached hydrogens (tertiary/aromatic N) is 2. The van der Waals surface area contributed by atoms with E-state index in [-0.39, 0.29) is 0 Å². The fraction of sp³-hybridized carbons (Fsp3) is 0.588. The summed E-state index contributed by atoms with van der Waals surface area (Å²) in [6.45, 7) is 6.72. The number of imidazole rings is 1. The van der Waals surface area contributed by atoms with Gasteiger partial charge in [-0.05, 0) is 50.8 Å². The lowest BCUT2D eigenvalue weighted by Gasteiger charge is -2.27. The van der Waals surface area contributed by atoms with E-state index in [0.29, 0.717) is 6.04 Å². The van der Waals surface area contributed by atoms with E-state index < -0.39 is 0 Å². The first kappa shape index (κ1) is 13.6. The second kappa shape index (κ2) is 5.96. The van der Waals surface area contributed by atoms with Crippen LogP contribution in [0.1, 0.15) is 38.9 Å². The van der Waals surface area contributed by atoms with Gasteiger partial charge in [-0.25, -0.2) is 4.98 Å². The van der Waals surface area contributed by atoms with Crippen LogP contribution in [0.4, 0.5) is 0 Å². The molecule has 0 amide bonds. The average Bonchev–Trinajstić information content (AvgIpc) is 2.84. The molecule has 0 aliphatic carbocycles. The molecule has 0 spiro atoms. The zero-order valence-electron chi connectivity index (χ0n) is 12.6. The maximum atomic E-state index is 4.82. The SMILES string of the molecule is CCn1c(CCC2CCC(C)CN2)nc2ccccc21. The highest BCUT2D eigenvalue weighted by molar-refractivity contribution is 5.75. The fourth-order valence-electron chi connectivity index (χ4n) is 3.28. The summed E-state index contributed by atoms with van der Waals surface area (Å²) in [5, 5.41) is 3.67. The molecule has 1 saturated heterocycles. The van der Waals surface area contributed by atoms with E-state index in [4.69, 9.17) is 4.98 Å². The van der Waals surface area contributed by atoms with Crippen molar-refractivity contribution >= 4 is 11.0 Å². The molecule has 2 heterocycles. The van der Waals surface area contributed by atoms with Gasteiger partial charge in [-0.15, -0.1) is 0 Å². The van der Waals surface area contributed by atoms with E-state index in [2.05, 4.69) is 48.0 Å². The molecule has 2 atom stereocenters. The highest BCUT2D eigenvalue weighted by Crippen LogP contribution is 2.20. The second-order valence-corrected chi connectivity index (χ2v) is 6.09. The molecule has 2 aromatic rings. The van der Waals surface area contributed by atoms with Gasteiger partial charge in [0.05, 0.1) is 11.0 Å². The van der Waals surface area contributed by atoms with Crippen molar-refractivity contribution in [3.8, 4) is 0 Å². The Kier molecular flexibility index (Phi) is 4.06. The van der Waals surface area contributed by atoms with E-state index in [1.807, 2.05) is 0 Å². The Hall–Kier alpha value is -1.35. The molecule has 0 radical (unpaired) electrons. The molecule has 1 N–H and O–H groups in total. The van der Waals surface area contributed by atoms with Crippen LogP contribution in [0.15, 0.2) is 24.3 Å². The van der Waals surface area contributed by atoms with Gasteiger partial charge >= 0.3 is 0 Å². The van der Waals surface area contributed by atoms with E-state index >= 15 is 0 Å². The predicted octanol–water partition coefficient (Wildman–Crippen LogP) is 3.38. The number of nitrogens with one attached hydrogen (secondary N) is 1. The summed E-state index contributed by atoms with van der Waals surface area (Å²) in [5.41, 5.74) is 2.41. The Balaban J connectivity index is 1.71. The minimum Gasteiger partial charge on any atom is -0.328 e. The topological polar surface area (TPSA) is 29.9 Å². The Labute approximate surface area is 121 Å². The first-order chi connectivity index (χ1) is 9.78. The maximum Gasteiger partial charge on any atom is 0.109 e. The van der Waals surface area contributed by atoms with Crippen molar-refractivity contribution < 1.29 is 0 Å². The summed E-state index contributed by atoms with van der Waals surface area (Å²) >= 11 is 0. The summed E-state index contributed by atoms with van der Waals surface area (Å²) in [6, 6.07) is 9.14. The molecule has 20 heavy (non-hydrogen) atoms. The van der Waals surface area contributed by atoms with E-state index in [1.54, 1.807) is 0 Å². The standard InChI is InChI=1S/C17H25N3/c1-3-20-16-7-5-4-6-15(16)19-17(20)11-10-14-9-8-13(2)12-18-14/h4-7,13-14,18H,3,8-12H2,1-2H3. The number of rotatable bonds is 4. The van der Waals surface area contributed by atoms with Crippen LogP contribution in [0.25, 0.3) is 11.0 Å². The van der Waals surface area contributed by atoms with Crippen LogP contribution in [0.5, 0.6) is 0 Å². The second-order valence-electron chi connectivity index (χ2n) is 6.09. The fourth-order valence-corrected chi connectivity index (χ4v) is 3.28. The summed E-state index contributed by atoms with van der Waals surface area (Å²) in [4.78, 5) is 4.82. The molecule has 3 nitrogen and oxygen atoms in total. The molecule has 1 aliphatic heterocycles. The quantitative estimate of drug-likeness (QED) is 0.924. The van der Waals surface area contributed by atoms with Gasteiger partial charge in [0.15, 0.2) is 0 Å². The van der Waals surface area contributed by atoms with Gasteiger partial charge in [0.25, 0.3) is 0 Å². The minimum absolute atomic E-state index is 0.677. The molecule has 1 aliphatic rings. The lowest BCUT2D eigenvalue weighted by atomic mass is 9.94.